The van der Waals surface area contributed by atoms with Crippen molar-refractivity contribution in [2.24, 2.45) is 52.3 Å². The van der Waals surface area contributed by atoms with E-state index in [1.807, 2.05) is 13.8 Å². The van der Waals surface area contributed by atoms with Crippen LogP contribution in [0.25, 0.3) is 0 Å². The van der Waals surface area contributed by atoms with E-state index in [1.54, 1.807) is 0 Å². The zero-order valence-electron chi connectivity index (χ0n) is 43.4. The van der Waals surface area contributed by atoms with Crippen LogP contribution in [0.1, 0.15) is 85.5 Å². The molecule has 32 unspecified atom stereocenters. The standard InChI is InChI=1S/C51H84O25/c1-19(18-68-45-40(64)37(61)33(57)27(14-52)70-45)7-10-51(67)20(2)32-26(76-51)12-25-23-6-5-21-11-22(8-9-49(21,3)24(23)13-31(56)50(25,32)4)69-48-44(75-47-42(66)39(63)35(59)29(16-54)72-47)43(36(60)30(17-55)73-48)74-46-41(65)38(62)34(58)28(15-53)71-46/h19-30,32-48,52-55,57-67H,5-18H2,1-4H3. The third-order valence-electron chi connectivity index (χ3n) is 20.0. The van der Waals surface area contributed by atoms with Gasteiger partial charge < -0.3 is 119 Å². The highest BCUT2D eigenvalue weighted by Gasteiger charge is 2.71. The molecule has 0 aromatic carbocycles. The molecule has 0 aromatic heterocycles. The summed E-state index contributed by atoms with van der Waals surface area (Å²) in [6.07, 6.45) is -28.6. The number of carbonyl (C=O) groups excluding carboxylic acids is 1. The first-order valence-corrected chi connectivity index (χ1v) is 27.3. The number of hydrogen-bond acceptors (Lipinski definition) is 25. The van der Waals surface area contributed by atoms with Crippen molar-refractivity contribution in [1.82, 2.24) is 0 Å². The second kappa shape index (κ2) is 23.2. The van der Waals surface area contributed by atoms with E-state index >= 15 is 0 Å². The number of hydrogen-bond donors (Lipinski definition) is 15. The first-order valence-electron chi connectivity index (χ1n) is 27.3. The molecule has 0 bridgehead atoms. The molecule has 0 aromatic rings. The van der Waals surface area contributed by atoms with E-state index in [0.29, 0.717) is 38.5 Å². The first kappa shape index (κ1) is 59.3. The van der Waals surface area contributed by atoms with Gasteiger partial charge in [-0.3, -0.25) is 4.79 Å². The molecule has 4 aliphatic carbocycles. The second-order valence-corrected chi connectivity index (χ2v) is 24.1. The zero-order chi connectivity index (χ0) is 55.1. The van der Waals surface area contributed by atoms with Crippen molar-refractivity contribution in [2.75, 3.05) is 33.0 Å². The first-order chi connectivity index (χ1) is 35.9. The van der Waals surface area contributed by atoms with Gasteiger partial charge >= 0.3 is 0 Å². The predicted molar refractivity (Wildman–Crippen MR) is 252 cm³/mol. The maximum atomic E-state index is 14.9. The minimum Gasteiger partial charge on any atom is -0.394 e. The Morgan fingerprint density at radius 1 is 0.605 bits per heavy atom. The molecule has 9 fully saturated rings. The van der Waals surface area contributed by atoms with E-state index in [1.165, 1.54) is 0 Å². The van der Waals surface area contributed by atoms with E-state index in [2.05, 4.69) is 13.8 Å². The molecule has 15 N–H and O–H groups in total. The van der Waals surface area contributed by atoms with Crippen LogP contribution in [0, 0.1) is 52.3 Å². The molecule has 5 heterocycles. The van der Waals surface area contributed by atoms with Gasteiger partial charge in [0, 0.05) is 30.1 Å². The maximum absolute atomic E-state index is 14.9. The lowest BCUT2D eigenvalue weighted by Crippen LogP contribution is -2.67. The fourth-order valence-corrected chi connectivity index (χ4v) is 15.3. The van der Waals surface area contributed by atoms with Crippen molar-refractivity contribution in [2.45, 2.75) is 226 Å². The topological polar surface area (TPSA) is 404 Å². The SMILES string of the molecule is CC(CCC1(O)OC2CC3C4CCC5CC(OC6OC(CO)C(O)C(OC7OC(CO)C(O)C(O)C7O)C6OC6OC(CO)C(O)C(O)C6O)CCC5(C)C4CC(=O)C3(C)C2C1C)COC1OC(CO)C(O)C(O)C1O. The summed E-state index contributed by atoms with van der Waals surface area (Å²) in [4.78, 5) is 14.9. The third-order valence-corrected chi connectivity index (χ3v) is 20.0. The van der Waals surface area contributed by atoms with Crippen LogP contribution >= 0.6 is 0 Å². The van der Waals surface area contributed by atoms with Crippen molar-refractivity contribution >= 4 is 5.78 Å². The average Bonchev–Trinajstić information content (AvgIpc) is 3.90. The summed E-state index contributed by atoms with van der Waals surface area (Å²) in [5.41, 5.74) is -1.04. The molecule has 438 valence electrons. The molecule has 25 nitrogen and oxygen atoms in total. The Hall–Kier alpha value is -1.29. The Balaban J connectivity index is 0.866. The summed E-state index contributed by atoms with van der Waals surface area (Å²) in [5, 5.41) is 159. The maximum Gasteiger partial charge on any atom is 0.187 e. The summed E-state index contributed by atoms with van der Waals surface area (Å²) >= 11 is 0. The van der Waals surface area contributed by atoms with Gasteiger partial charge in [-0.2, -0.15) is 0 Å². The number of aliphatic hydroxyl groups excluding tert-OH is 14. The molecule has 9 aliphatic rings. The monoisotopic (exact) mass is 1100 g/mol. The highest BCUT2D eigenvalue weighted by Crippen LogP contribution is 2.70. The Morgan fingerprint density at radius 3 is 1.68 bits per heavy atom. The van der Waals surface area contributed by atoms with Gasteiger partial charge in [-0.05, 0) is 80.0 Å². The van der Waals surface area contributed by atoms with Crippen LogP contribution in [0.4, 0.5) is 0 Å². The van der Waals surface area contributed by atoms with Crippen LogP contribution in [0.2, 0.25) is 0 Å². The summed E-state index contributed by atoms with van der Waals surface area (Å²) in [6, 6.07) is 0. The fourth-order valence-electron chi connectivity index (χ4n) is 15.3. The number of ketones is 1. The number of fused-ring (bicyclic) bond motifs is 7. The normalized spacial score (nSPS) is 54.9. The van der Waals surface area contributed by atoms with Gasteiger partial charge in [0.1, 0.15) is 103 Å². The Labute approximate surface area is 440 Å². The van der Waals surface area contributed by atoms with Crippen LogP contribution < -0.4 is 0 Å². The Morgan fingerprint density at radius 2 is 1.12 bits per heavy atom. The van der Waals surface area contributed by atoms with E-state index < -0.39 is 167 Å². The van der Waals surface area contributed by atoms with Crippen LogP contribution in [0.3, 0.4) is 0 Å². The molecule has 0 radical (unpaired) electrons. The highest BCUT2D eigenvalue weighted by atomic mass is 16.8. The molecule has 0 amide bonds. The molecule has 4 saturated carbocycles. The van der Waals surface area contributed by atoms with Gasteiger partial charge in [-0.1, -0.05) is 27.7 Å². The lowest BCUT2D eigenvalue weighted by atomic mass is 9.44. The molecule has 5 saturated heterocycles. The van der Waals surface area contributed by atoms with Crippen molar-refractivity contribution < 1.29 is 124 Å². The van der Waals surface area contributed by atoms with Crippen LogP contribution in [-0.4, -0.2) is 256 Å². The number of aliphatic hydroxyl groups is 15. The lowest BCUT2D eigenvalue weighted by Gasteiger charge is -2.60. The number of carbonyl (C=O) groups is 1. The summed E-state index contributed by atoms with van der Waals surface area (Å²) in [7, 11) is 0. The summed E-state index contributed by atoms with van der Waals surface area (Å²) < 4.78 is 54.3. The largest absolute Gasteiger partial charge is 0.394 e. The molecule has 9 rings (SSSR count). The zero-order valence-corrected chi connectivity index (χ0v) is 43.4. The van der Waals surface area contributed by atoms with Gasteiger partial charge in [-0.15, -0.1) is 0 Å². The Kier molecular flexibility index (Phi) is 18.1. The van der Waals surface area contributed by atoms with Crippen molar-refractivity contribution in [3.05, 3.63) is 0 Å². The lowest BCUT2D eigenvalue weighted by molar-refractivity contribution is -0.396. The van der Waals surface area contributed by atoms with E-state index in [0.717, 1.165) is 12.8 Å². The highest BCUT2D eigenvalue weighted by molar-refractivity contribution is 5.87. The summed E-state index contributed by atoms with van der Waals surface area (Å²) in [6.45, 7) is 5.28. The molecular formula is C51H84O25. The molecule has 76 heavy (non-hydrogen) atoms. The third kappa shape index (κ3) is 10.4. The molecular weight excluding hydrogens is 1010 g/mol. The van der Waals surface area contributed by atoms with Crippen molar-refractivity contribution in [3.63, 3.8) is 0 Å². The van der Waals surface area contributed by atoms with Gasteiger partial charge in [0.25, 0.3) is 0 Å². The second-order valence-electron chi connectivity index (χ2n) is 24.1. The minimum absolute atomic E-state index is 0.0109. The van der Waals surface area contributed by atoms with Crippen molar-refractivity contribution in [3.8, 4) is 0 Å². The number of rotatable bonds is 16. The van der Waals surface area contributed by atoms with Crippen molar-refractivity contribution in [1.29, 1.82) is 0 Å². The van der Waals surface area contributed by atoms with Crippen LogP contribution in [0.15, 0.2) is 0 Å². The molecule has 32 atom stereocenters. The molecule has 0 spiro atoms. The summed E-state index contributed by atoms with van der Waals surface area (Å²) in [5.74, 6) is -1.83. The van der Waals surface area contributed by atoms with E-state index in [4.69, 9.17) is 42.6 Å². The average molecular weight is 1100 g/mol. The Bertz CT molecular complexity index is 1950. The van der Waals surface area contributed by atoms with E-state index in [-0.39, 0.29) is 71.8 Å². The quantitative estimate of drug-likeness (QED) is 0.0645. The van der Waals surface area contributed by atoms with Gasteiger partial charge in [0.2, 0.25) is 0 Å². The number of ether oxygens (including phenoxy) is 9. The minimum atomic E-state index is -1.93. The van der Waals surface area contributed by atoms with E-state index in [9.17, 15) is 81.4 Å². The van der Waals surface area contributed by atoms with Crippen LogP contribution in [0.5, 0.6) is 0 Å². The van der Waals surface area contributed by atoms with Gasteiger partial charge in [0.15, 0.2) is 30.9 Å². The van der Waals surface area contributed by atoms with Gasteiger partial charge in [-0.25, -0.2) is 0 Å². The fraction of sp³-hybridized carbons (Fsp3) is 0.980. The van der Waals surface area contributed by atoms with Gasteiger partial charge in [0.05, 0.1) is 45.2 Å². The predicted octanol–water partition coefficient (Wildman–Crippen LogP) is -4.78. The molecule has 5 aliphatic heterocycles. The molecule has 25 heteroatoms. The van der Waals surface area contributed by atoms with Crippen LogP contribution in [-0.2, 0) is 47.4 Å². The number of Topliss-reactive ketones (excluding diaryl/α,β-unsaturated/α-hetero) is 1. The smallest absolute Gasteiger partial charge is 0.187 e.